The van der Waals surface area contributed by atoms with Crippen molar-refractivity contribution in [3.63, 3.8) is 0 Å². The van der Waals surface area contributed by atoms with Gasteiger partial charge < -0.3 is 15.4 Å². The highest BCUT2D eigenvalue weighted by molar-refractivity contribution is 9.10. The number of carbonyl (C=O) groups excluding carboxylic acids is 3. The van der Waals surface area contributed by atoms with E-state index in [0.29, 0.717) is 18.4 Å². The highest BCUT2D eigenvalue weighted by atomic mass is 79.9. The topological polar surface area (TPSA) is 84.5 Å². The Hall–Kier alpha value is -2.67. The van der Waals surface area contributed by atoms with Gasteiger partial charge in [-0.25, -0.2) is 4.79 Å². The molecule has 0 aromatic heterocycles. The number of amides is 2. The average Bonchev–Trinajstić information content (AvgIpc) is 3.37. The Morgan fingerprint density at radius 2 is 1.31 bits per heavy atom. The number of ether oxygens (including phenoxy) is 1. The number of rotatable bonds is 3. The van der Waals surface area contributed by atoms with E-state index in [-0.39, 0.29) is 29.9 Å². The number of halogens is 1. The summed E-state index contributed by atoms with van der Waals surface area (Å²) >= 11 is 3.38. The van der Waals surface area contributed by atoms with Gasteiger partial charge in [-0.2, -0.15) is 0 Å². The van der Waals surface area contributed by atoms with E-state index in [1.807, 2.05) is 36.4 Å². The number of esters is 1. The fraction of sp³-hybridized carbons (Fsp3) is 0.318. The lowest BCUT2D eigenvalue weighted by molar-refractivity contribution is -0.120. The summed E-state index contributed by atoms with van der Waals surface area (Å²) < 4.78 is 5.68. The zero-order valence-electron chi connectivity index (χ0n) is 16.1. The van der Waals surface area contributed by atoms with Gasteiger partial charge in [-0.15, -0.1) is 0 Å². The molecule has 4 rings (SSSR count). The predicted molar refractivity (Wildman–Crippen MR) is 112 cm³/mol. The second-order valence-electron chi connectivity index (χ2n) is 6.98. The van der Waals surface area contributed by atoms with Gasteiger partial charge in [0, 0.05) is 17.3 Å². The highest BCUT2D eigenvalue weighted by Gasteiger charge is 2.22. The predicted octanol–water partition coefficient (Wildman–Crippen LogP) is 3.82. The van der Waals surface area contributed by atoms with E-state index in [1.165, 1.54) is 12.7 Å². The molecule has 29 heavy (non-hydrogen) atoms. The monoisotopic (exact) mass is 458 g/mol. The molecule has 0 bridgehead atoms. The van der Waals surface area contributed by atoms with Crippen LogP contribution in [0.1, 0.15) is 59.3 Å². The molecular weight excluding hydrogens is 436 g/mol. The third-order valence-electron chi connectivity index (χ3n) is 5.00. The summed E-state index contributed by atoms with van der Waals surface area (Å²) in [5, 5.41) is 5.81. The minimum Gasteiger partial charge on any atom is -0.465 e. The van der Waals surface area contributed by atoms with Crippen LogP contribution in [0.2, 0.25) is 0 Å². The zero-order valence-corrected chi connectivity index (χ0v) is 17.7. The molecule has 6 nitrogen and oxygen atoms in total. The minimum atomic E-state index is -0.345. The van der Waals surface area contributed by atoms with Gasteiger partial charge in [0.2, 0.25) is 11.8 Å². The molecule has 2 amide bonds. The summed E-state index contributed by atoms with van der Waals surface area (Å²) in [6, 6.07) is 15.5. The summed E-state index contributed by atoms with van der Waals surface area (Å²) in [4.78, 5) is 33.2. The Morgan fingerprint density at radius 3 is 1.69 bits per heavy atom. The van der Waals surface area contributed by atoms with Gasteiger partial charge in [-0.05, 0) is 48.2 Å². The van der Waals surface area contributed by atoms with Gasteiger partial charge in [0.05, 0.1) is 24.8 Å². The lowest BCUT2D eigenvalue weighted by atomic mass is 10.0. The van der Waals surface area contributed by atoms with Crippen molar-refractivity contribution in [2.75, 3.05) is 7.11 Å². The number of carbonyl (C=O) groups is 3. The summed E-state index contributed by atoms with van der Waals surface area (Å²) in [5.41, 5.74) is 2.74. The molecule has 2 aliphatic rings. The van der Waals surface area contributed by atoms with Crippen molar-refractivity contribution in [3.05, 3.63) is 69.7 Å². The molecule has 2 saturated heterocycles. The molecule has 0 spiro atoms. The van der Waals surface area contributed by atoms with E-state index >= 15 is 0 Å². The number of hydrogen-bond acceptors (Lipinski definition) is 4. The van der Waals surface area contributed by atoms with Crippen LogP contribution < -0.4 is 10.6 Å². The molecule has 2 atom stereocenters. The van der Waals surface area contributed by atoms with Crippen LogP contribution in [0.15, 0.2) is 53.0 Å². The van der Waals surface area contributed by atoms with E-state index in [2.05, 4.69) is 31.3 Å². The van der Waals surface area contributed by atoms with Crippen molar-refractivity contribution >= 4 is 33.7 Å². The van der Waals surface area contributed by atoms with E-state index in [4.69, 9.17) is 0 Å². The van der Waals surface area contributed by atoms with Crippen molar-refractivity contribution in [3.8, 4) is 0 Å². The van der Waals surface area contributed by atoms with Crippen molar-refractivity contribution in [2.24, 2.45) is 0 Å². The molecule has 152 valence electrons. The van der Waals surface area contributed by atoms with Gasteiger partial charge in [0.25, 0.3) is 0 Å². The average molecular weight is 459 g/mol. The molecule has 2 N–H and O–H groups in total. The lowest BCUT2D eigenvalue weighted by Crippen LogP contribution is -2.18. The number of nitrogens with one attached hydrogen (secondary N) is 2. The molecule has 2 aromatic rings. The standard InChI is InChI=1S/C12H13NO3.C10H10BrNO/c1-16-12(15)9-4-2-8(3-5-9)10-6-7-11(14)13-10;11-8-3-1-7(2-4-8)9-5-6-10(13)12-9/h2-5,10H,6-7H2,1H3,(H,13,14);1-4,9H,5-6H2,(H,12,13). The van der Waals surface area contributed by atoms with Crippen molar-refractivity contribution in [1.82, 2.24) is 10.6 Å². The van der Waals surface area contributed by atoms with Crippen molar-refractivity contribution < 1.29 is 19.1 Å². The molecular formula is C22H23BrN2O4. The van der Waals surface area contributed by atoms with Crippen molar-refractivity contribution in [2.45, 2.75) is 37.8 Å². The quantitative estimate of drug-likeness (QED) is 0.684. The smallest absolute Gasteiger partial charge is 0.337 e. The lowest BCUT2D eigenvalue weighted by Gasteiger charge is -2.10. The van der Waals surface area contributed by atoms with Crippen LogP contribution in [-0.2, 0) is 14.3 Å². The Morgan fingerprint density at radius 1 is 0.862 bits per heavy atom. The third-order valence-corrected chi connectivity index (χ3v) is 5.53. The van der Waals surface area contributed by atoms with Crippen LogP contribution >= 0.6 is 15.9 Å². The highest BCUT2D eigenvalue weighted by Crippen LogP contribution is 2.25. The van der Waals surface area contributed by atoms with Gasteiger partial charge in [-0.3, -0.25) is 9.59 Å². The number of hydrogen-bond donors (Lipinski definition) is 2. The third kappa shape index (κ3) is 5.67. The van der Waals surface area contributed by atoms with Crippen LogP contribution in [0.25, 0.3) is 0 Å². The van der Waals surface area contributed by atoms with E-state index in [1.54, 1.807) is 12.1 Å². The van der Waals surface area contributed by atoms with Crippen LogP contribution in [0, 0.1) is 0 Å². The molecule has 2 fully saturated rings. The molecule has 0 aliphatic carbocycles. The Labute approximate surface area is 178 Å². The maximum absolute atomic E-state index is 11.2. The van der Waals surface area contributed by atoms with Gasteiger partial charge in [-0.1, -0.05) is 40.2 Å². The molecule has 2 aliphatic heterocycles. The maximum atomic E-state index is 11.2. The Kier molecular flexibility index (Phi) is 7.04. The Balaban J connectivity index is 0.000000169. The summed E-state index contributed by atoms with van der Waals surface area (Å²) in [6.45, 7) is 0. The van der Waals surface area contributed by atoms with Crippen LogP contribution in [-0.4, -0.2) is 24.9 Å². The summed E-state index contributed by atoms with van der Waals surface area (Å²) in [7, 11) is 1.35. The SMILES string of the molecule is COC(=O)c1ccc(C2CCC(=O)N2)cc1.O=C1CCC(c2ccc(Br)cc2)N1. The number of methoxy groups -OCH3 is 1. The maximum Gasteiger partial charge on any atom is 0.337 e. The van der Waals surface area contributed by atoms with Crippen molar-refractivity contribution in [1.29, 1.82) is 0 Å². The molecule has 0 saturated carbocycles. The first-order chi connectivity index (χ1) is 14.0. The molecule has 2 heterocycles. The molecule has 7 heteroatoms. The largest absolute Gasteiger partial charge is 0.465 e. The Bertz CT molecular complexity index is 881. The van der Waals surface area contributed by atoms with Crippen LogP contribution in [0.5, 0.6) is 0 Å². The van der Waals surface area contributed by atoms with E-state index < -0.39 is 0 Å². The van der Waals surface area contributed by atoms with E-state index in [9.17, 15) is 14.4 Å². The molecule has 2 unspecified atom stereocenters. The fourth-order valence-electron chi connectivity index (χ4n) is 3.39. The van der Waals surface area contributed by atoms with Crippen LogP contribution in [0.3, 0.4) is 0 Å². The molecule has 0 radical (unpaired) electrons. The summed E-state index contributed by atoms with van der Waals surface area (Å²) in [5.74, 6) is -0.100. The molecule has 2 aromatic carbocycles. The van der Waals surface area contributed by atoms with E-state index in [0.717, 1.165) is 22.9 Å². The second kappa shape index (κ2) is 9.69. The first-order valence-corrected chi connectivity index (χ1v) is 10.3. The second-order valence-corrected chi connectivity index (χ2v) is 7.90. The minimum absolute atomic E-state index is 0.0826. The number of benzene rings is 2. The normalized spacial score (nSPS) is 20.3. The first-order valence-electron chi connectivity index (χ1n) is 9.48. The summed E-state index contributed by atoms with van der Waals surface area (Å²) in [6.07, 6.45) is 2.96. The fourth-order valence-corrected chi connectivity index (χ4v) is 3.66. The van der Waals surface area contributed by atoms with Gasteiger partial charge >= 0.3 is 5.97 Å². The zero-order chi connectivity index (χ0) is 20.8. The van der Waals surface area contributed by atoms with Crippen LogP contribution in [0.4, 0.5) is 0 Å². The van der Waals surface area contributed by atoms with Gasteiger partial charge in [0.15, 0.2) is 0 Å². The van der Waals surface area contributed by atoms with Gasteiger partial charge in [0.1, 0.15) is 0 Å². The first kappa shape index (κ1) is 21.0.